The molecule has 0 amide bonds. The van der Waals surface area contributed by atoms with E-state index in [-0.39, 0.29) is 12.2 Å². The average Bonchev–Trinajstić information content (AvgIpc) is 2.41. The van der Waals surface area contributed by atoms with Gasteiger partial charge in [0.1, 0.15) is 19.0 Å². The number of hydrogen-bond donors (Lipinski definition) is 1. The van der Waals surface area contributed by atoms with Gasteiger partial charge in [-0.05, 0) is 18.2 Å². The highest BCUT2D eigenvalue weighted by Gasteiger charge is 2.12. The molecule has 0 saturated carbocycles. The molecule has 0 unspecified atom stereocenters. The highest BCUT2D eigenvalue weighted by atomic mass is 16.6. The van der Waals surface area contributed by atoms with E-state index < -0.39 is 5.97 Å². The minimum Gasteiger partial charge on any atom is -0.491 e. The van der Waals surface area contributed by atoms with Crippen LogP contribution in [0.25, 0.3) is 0 Å². The van der Waals surface area contributed by atoms with Crippen molar-refractivity contribution in [2.24, 2.45) is 0 Å². The van der Waals surface area contributed by atoms with Gasteiger partial charge in [0, 0.05) is 19.9 Å². The summed E-state index contributed by atoms with van der Waals surface area (Å²) < 4.78 is 20.1. The molecular formula is C13H19NO5. The molecule has 0 atom stereocenters. The molecule has 1 aromatic rings. The molecular weight excluding hydrogens is 250 g/mol. The Bertz CT molecular complexity index is 408. The molecule has 6 heteroatoms. The van der Waals surface area contributed by atoms with Crippen molar-refractivity contribution in [1.82, 2.24) is 0 Å². The molecule has 1 aromatic carbocycles. The lowest BCUT2D eigenvalue weighted by Gasteiger charge is -2.10. The second-order valence-corrected chi connectivity index (χ2v) is 3.72. The Morgan fingerprint density at radius 2 is 1.79 bits per heavy atom. The van der Waals surface area contributed by atoms with Gasteiger partial charge in [-0.2, -0.15) is 0 Å². The average molecular weight is 269 g/mol. The molecule has 0 aliphatic heterocycles. The van der Waals surface area contributed by atoms with Crippen molar-refractivity contribution in [3.8, 4) is 5.75 Å². The van der Waals surface area contributed by atoms with Gasteiger partial charge in [-0.1, -0.05) is 0 Å². The predicted molar refractivity (Wildman–Crippen MR) is 70.4 cm³/mol. The van der Waals surface area contributed by atoms with Crippen molar-refractivity contribution in [1.29, 1.82) is 0 Å². The van der Waals surface area contributed by atoms with E-state index in [2.05, 4.69) is 0 Å². The molecule has 0 spiro atoms. The molecule has 0 aliphatic carbocycles. The Morgan fingerprint density at radius 1 is 1.11 bits per heavy atom. The van der Waals surface area contributed by atoms with Gasteiger partial charge < -0.3 is 24.7 Å². The molecule has 2 N–H and O–H groups in total. The number of nitrogens with two attached hydrogens (primary N) is 1. The molecule has 0 aliphatic rings. The summed E-state index contributed by atoms with van der Waals surface area (Å²) >= 11 is 0. The maximum absolute atomic E-state index is 11.8. The van der Waals surface area contributed by atoms with Gasteiger partial charge in [-0.25, -0.2) is 4.79 Å². The number of rotatable bonds is 8. The Hall–Kier alpha value is -1.79. The summed E-state index contributed by atoms with van der Waals surface area (Å²) in [6.07, 6.45) is 0. The number of methoxy groups -OCH3 is 2. The van der Waals surface area contributed by atoms with E-state index in [9.17, 15) is 4.79 Å². The normalized spacial score (nSPS) is 10.2. The number of anilines is 1. The SMILES string of the molecule is COCCOC(=O)c1cc(OCCOC)ccc1N. The second kappa shape index (κ2) is 8.34. The van der Waals surface area contributed by atoms with Crippen LogP contribution in [0, 0.1) is 0 Å². The topological polar surface area (TPSA) is 80.0 Å². The smallest absolute Gasteiger partial charge is 0.340 e. The van der Waals surface area contributed by atoms with Crippen molar-refractivity contribution in [3.05, 3.63) is 23.8 Å². The summed E-state index contributed by atoms with van der Waals surface area (Å²) in [4.78, 5) is 11.8. The number of nitrogen functional groups attached to an aromatic ring is 1. The van der Waals surface area contributed by atoms with Crippen LogP contribution in [0.5, 0.6) is 5.75 Å². The lowest BCUT2D eigenvalue weighted by atomic mass is 10.2. The summed E-state index contributed by atoms with van der Waals surface area (Å²) in [5.41, 5.74) is 6.37. The Labute approximate surface area is 112 Å². The molecule has 19 heavy (non-hydrogen) atoms. The monoisotopic (exact) mass is 269 g/mol. The van der Waals surface area contributed by atoms with Crippen LogP contribution >= 0.6 is 0 Å². The third kappa shape index (κ3) is 5.15. The van der Waals surface area contributed by atoms with Crippen LogP contribution in [0.15, 0.2) is 18.2 Å². The van der Waals surface area contributed by atoms with Crippen molar-refractivity contribution in [2.45, 2.75) is 0 Å². The first kappa shape index (κ1) is 15.3. The van der Waals surface area contributed by atoms with Crippen molar-refractivity contribution in [3.63, 3.8) is 0 Å². The van der Waals surface area contributed by atoms with E-state index in [1.54, 1.807) is 25.3 Å². The van der Waals surface area contributed by atoms with Gasteiger partial charge in [0.05, 0.1) is 18.8 Å². The Balaban J connectivity index is 2.65. The highest BCUT2D eigenvalue weighted by molar-refractivity contribution is 5.95. The minimum absolute atomic E-state index is 0.184. The lowest BCUT2D eigenvalue weighted by Crippen LogP contribution is -2.12. The minimum atomic E-state index is -0.494. The summed E-state index contributed by atoms with van der Waals surface area (Å²) in [6, 6.07) is 4.85. The molecule has 0 saturated heterocycles. The maximum atomic E-state index is 11.8. The van der Waals surface area contributed by atoms with E-state index in [1.165, 1.54) is 7.11 Å². The Kier molecular flexibility index (Phi) is 6.70. The van der Waals surface area contributed by atoms with Crippen LogP contribution in [0.4, 0.5) is 5.69 Å². The molecule has 0 aromatic heterocycles. The van der Waals surface area contributed by atoms with E-state index in [0.29, 0.717) is 31.3 Å². The highest BCUT2D eigenvalue weighted by Crippen LogP contribution is 2.20. The third-order valence-corrected chi connectivity index (χ3v) is 2.32. The van der Waals surface area contributed by atoms with Crippen LogP contribution in [0.3, 0.4) is 0 Å². The number of ether oxygens (including phenoxy) is 4. The van der Waals surface area contributed by atoms with Crippen LogP contribution in [-0.2, 0) is 14.2 Å². The van der Waals surface area contributed by atoms with Crippen LogP contribution in [-0.4, -0.2) is 46.6 Å². The number of benzene rings is 1. The predicted octanol–water partition coefficient (Wildman–Crippen LogP) is 1.10. The summed E-state index contributed by atoms with van der Waals surface area (Å²) in [7, 11) is 3.12. The zero-order valence-corrected chi connectivity index (χ0v) is 11.2. The third-order valence-electron chi connectivity index (χ3n) is 2.32. The summed E-state index contributed by atoms with van der Waals surface area (Å²) in [6.45, 7) is 1.40. The van der Waals surface area contributed by atoms with Gasteiger partial charge >= 0.3 is 5.97 Å². The first-order chi connectivity index (χ1) is 9.19. The van der Waals surface area contributed by atoms with E-state index in [4.69, 9.17) is 24.7 Å². The standard InChI is InChI=1S/C13H19NO5/c1-16-5-7-18-10-3-4-12(14)11(9-10)13(15)19-8-6-17-2/h3-4,9H,5-8,14H2,1-2H3. The number of carbonyl (C=O) groups excluding carboxylic acids is 1. The second-order valence-electron chi connectivity index (χ2n) is 3.72. The summed E-state index contributed by atoms with van der Waals surface area (Å²) in [5.74, 6) is 0.0525. The van der Waals surface area contributed by atoms with Crippen molar-refractivity contribution in [2.75, 3.05) is 46.4 Å². The number of carbonyl (C=O) groups is 1. The first-order valence-corrected chi connectivity index (χ1v) is 5.86. The van der Waals surface area contributed by atoms with Crippen molar-refractivity contribution >= 4 is 11.7 Å². The molecule has 1 rings (SSSR count). The summed E-state index contributed by atoms with van der Waals surface area (Å²) in [5, 5.41) is 0. The molecule has 0 heterocycles. The molecule has 0 fully saturated rings. The maximum Gasteiger partial charge on any atom is 0.340 e. The number of hydrogen-bond acceptors (Lipinski definition) is 6. The quantitative estimate of drug-likeness (QED) is 0.432. The van der Waals surface area contributed by atoms with Crippen LogP contribution < -0.4 is 10.5 Å². The zero-order chi connectivity index (χ0) is 14.1. The van der Waals surface area contributed by atoms with Gasteiger partial charge in [0.2, 0.25) is 0 Å². The van der Waals surface area contributed by atoms with E-state index in [0.717, 1.165) is 0 Å². The number of esters is 1. The molecule has 0 radical (unpaired) electrons. The van der Waals surface area contributed by atoms with Gasteiger partial charge in [0.15, 0.2) is 0 Å². The fraction of sp³-hybridized carbons (Fsp3) is 0.462. The van der Waals surface area contributed by atoms with E-state index >= 15 is 0 Å². The molecule has 106 valence electrons. The van der Waals surface area contributed by atoms with Crippen LogP contribution in [0.1, 0.15) is 10.4 Å². The largest absolute Gasteiger partial charge is 0.491 e. The lowest BCUT2D eigenvalue weighted by molar-refractivity contribution is 0.0389. The van der Waals surface area contributed by atoms with Gasteiger partial charge in [-0.15, -0.1) is 0 Å². The Morgan fingerprint density at radius 3 is 2.47 bits per heavy atom. The van der Waals surface area contributed by atoms with Gasteiger partial charge in [0.25, 0.3) is 0 Å². The van der Waals surface area contributed by atoms with E-state index in [1.807, 2.05) is 0 Å². The van der Waals surface area contributed by atoms with Gasteiger partial charge in [-0.3, -0.25) is 0 Å². The zero-order valence-electron chi connectivity index (χ0n) is 11.2. The van der Waals surface area contributed by atoms with Crippen LogP contribution in [0.2, 0.25) is 0 Å². The molecule has 0 bridgehead atoms. The van der Waals surface area contributed by atoms with Crippen molar-refractivity contribution < 1.29 is 23.7 Å². The fourth-order valence-electron chi connectivity index (χ4n) is 1.34. The fourth-order valence-corrected chi connectivity index (χ4v) is 1.34. The molecule has 6 nitrogen and oxygen atoms in total. The first-order valence-electron chi connectivity index (χ1n) is 5.86.